The largest absolute Gasteiger partial charge is 0.396 e. The predicted molar refractivity (Wildman–Crippen MR) is 73.5 cm³/mol. The van der Waals surface area contributed by atoms with Crippen molar-refractivity contribution in [3.8, 4) is 0 Å². The van der Waals surface area contributed by atoms with E-state index in [1.807, 2.05) is 0 Å². The molecule has 4 nitrogen and oxygen atoms in total. The maximum absolute atomic E-state index is 13.3. The van der Waals surface area contributed by atoms with Gasteiger partial charge in [0.2, 0.25) is 10.0 Å². The lowest BCUT2D eigenvalue weighted by Gasteiger charge is -2.26. The summed E-state index contributed by atoms with van der Waals surface area (Å²) in [6.07, 6.45) is 2.95. The van der Waals surface area contributed by atoms with Gasteiger partial charge in [-0.05, 0) is 53.2 Å². The van der Waals surface area contributed by atoms with Crippen LogP contribution in [-0.4, -0.2) is 25.3 Å². The van der Waals surface area contributed by atoms with E-state index in [-0.39, 0.29) is 21.1 Å². The van der Waals surface area contributed by atoms with Crippen molar-refractivity contribution in [1.82, 2.24) is 4.31 Å². The number of anilines is 1. The van der Waals surface area contributed by atoms with E-state index in [1.54, 1.807) is 4.31 Å². The van der Waals surface area contributed by atoms with Gasteiger partial charge in [-0.3, -0.25) is 0 Å². The van der Waals surface area contributed by atoms with Gasteiger partial charge >= 0.3 is 0 Å². The first-order chi connectivity index (χ1) is 8.89. The molecular formula is C12H14BrFN2O2S. The summed E-state index contributed by atoms with van der Waals surface area (Å²) in [6, 6.07) is 2.39. The van der Waals surface area contributed by atoms with Crippen LogP contribution in [0.5, 0.6) is 0 Å². The van der Waals surface area contributed by atoms with E-state index in [0.717, 1.165) is 25.3 Å². The molecule has 0 spiro atoms. The lowest BCUT2D eigenvalue weighted by Crippen LogP contribution is -2.37. The topological polar surface area (TPSA) is 63.4 Å². The minimum absolute atomic E-state index is 0.0546. The van der Waals surface area contributed by atoms with Crippen LogP contribution in [0.4, 0.5) is 10.1 Å². The Bertz CT molecular complexity index is 635. The van der Waals surface area contributed by atoms with E-state index in [2.05, 4.69) is 15.9 Å². The van der Waals surface area contributed by atoms with Crippen molar-refractivity contribution in [2.45, 2.75) is 30.2 Å². The molecule has 2 N–H and O–H groups in total. The Morgan fingerprint density at radius 3 is 2.68 bits per heavy atom. The highest BCUT2D eigenvalue weighted by Crippen LogP contribution is 2.41. The third-order valence-electron chi connectivity index (χ3n) is 4.00. The van der Waals surface area contributed by atoms with Crippen LogP contribution in [0.15, 0.2) is 21.5 Å². The van der Waals surface area contributed by atoms with Crippen molar-refractivity contribution >= 4 is 31.6 Å². The maximum Gasteiger partial charge on any atom is 0.244 e. The number of hydrogen-bond acceptors (Lipinski definition) is 3. The number of fused-ring (bicyclic) bond motifs is 2. The van der Waals surface area contributed by atoms with E-state index < -0.39 is 15.8 Å². The van der Waals surface area contributed by atoms with E-state index in [0.29, 0.717) is 12.5 Å². The van der Waals surface area contributed by atoms with Crippen molar-refractivity contribution in [2.24, 2.45) is 5.92 Å². The minimum Gasteiger partial charge on any atom is -0.396 e. The summed E-state index contributed by atoms with van der Waals surface area (Å²) >= 11 is 3.12. The number of piperidine rings is 1. The number of nitrogens with two attached hydrogens (primary N) is 1. The molecule has 1 saturated heterocycles. The Morgan fingerprint density at radius 2 is 2.11 bits per heavy atom. The fourth-order valence-corrected chi connectivity index (χ4v) is 5.80. The molecule has 2 aliphatic rings. The smallest absolute Gasteiger partial charge is 0.244 e. The second-order valence-electron chi connectivity index (χ2n) is 5.21. The summed E-state index contributed by atoms with van der Waals surface area (Å²) in [7, 11) is -3.60. The molecule has 1 heterocycles. The van der Waals surface area contributed by atoms with Crippen molar-refractivity contribution in [2.75, 3.05) is 12.3 Å². The van der Waals surface area contributed by atoms with Crippen molar-refractivity contribution in [1.29, 1.82) is 0 Å². The van der Waals surface area contributed by atoms with Gasteiger partial charge in [0.25, 0.3) is 0 Å². The number of nitrogen functional groups attached to an aromatic ring is 1. The zero-order chi connectivity index (χ0) is 13.8. The molecule has 19 heavy (non-hydrogen) atoms. The molecule has 2 bridgehead atoms. The molecule has 0 aromatic heterocycles. The maximum atomic E-state index is 13.3. The van der Waals surface area contributed by atoms with Gasteiger partial charge in [0.1, 0.15) is 5.82 Å². The molecule has 1 aliphatic heterocycles. The third-order valence-corrected chi connectivity index (χ3v) is 6.87. The Hall–Kier alpha value is -0.660. The summed E-state index contributed by atoms with van der Waals surface area (Å²) in [5, 5.41) is 0. The Kier molecular flexibility index (Phi) is 3.11. The van der Waals surface area contributed by atoms with Crippen LogP contribution in [0.25, 0.3) is 0 Å². The van der Waals surface area contributed by atoms with Crippen LogP contribution in [0, 0.1) is 11.7 Å². The van der Waals surface area contributed by atoms with E-state index in [4.69, 9.17) is 5.73 Å². The van der Waals surface area contributed by atoms with Crippen LogP contribution >= 0.6 is 15.9 Å². The Morgan fingerprint density at radius 1 is 1.37 bits per heavy atom. The fraction of sp³-hybridized carbons (Fsp3) is 0.500. The van der Waals surface area contributed by atoms with Crippen LogP contribution in [0.3, 0.4) is 0 Å². The molecule has 1 aromatic rings. The van der Waals surface area contributed by atoms with Gasteiger partial charge in [0.05, 0.1) is 10.6 Å². The number of sulfonamides is 1. The van der Waals surface area contributed by atoms with Crippen LogP contribution in [0.1, 0.15) is 19.3 Å². The molecular weight excluding hydrogens is 335 g/mol. The molecule has 1 saturated carbocycles. The summed E-state index contributed by atoms with van der Waals surface area (Å²) in [6.45, 7) is 0.566. The minimum atomic E-state index is -3.60. The van der Waals surface area contributed by atoms with E-state index in [9.17, 15) is 12.8 Å². The third kappa shape index (κ3) is 2.08. The number of halogens is 2. The molecule has 0 radical (unpaired) electrons. The lowest BCUT2D eigenvalue weighted by molar-refractivity contribution is 0.333. The number of nitrogens with zero attached hydrogens (tertiary/aromatic N) is 1. The molecule has 2 fully saturated rings. The quantitative estimate of drug-likeness (QED) is 0.834. The molecule has 2 atom stereocenters. The molecule has 7 heteroatoms. The van der Waals surface area contributed by atoms with Gasteiger partial charge in [0, 0.05) is 17.1 Å². The second-order valence-corrected chi connectivity index (χ2v) is 7.93. The van der Waals surface area contributed by atoms with Gasteiger partial charge in [-0.25, -0.2) is 12.8 Å². The van der Waals surface area contributed by atoms with Crippen LogP contribution in [0.2, 0.25) is 0 Å². The van der Waals surface area contributed by atoms with Crippen molar-refractivity contribution in [3.05, 3.63) is 22.4 Å². The Labute approximate surface area is 120 Å². The molecule has 3 rings (SSSR count). The normalized spacial score (nSPS) is 27.1. The number of hydrogen-bond donors (Lipinski definition) is 1. The molecule has 1 aromatic carbocycles. The number of rotatable bonds is 2. The number of benzene rings is 1. The molecule has 2 unspecified atom stereocenters. The highest BCUT2D eigenvalue weighted by molar-refractivity contribution is 9.10. The zero-order valence-corrected chi connectivity index (χ0v) is 12.5. The second kappa shape index (κ2) is 4.43. The summed E-state index contributed by atoms with van der Waals surface area (Å²) in [5.74, 6) is -0.148. The Balaban J connectivity index is 2.03. The highest BCUT2D eigenvalue weighted by atomic mass is 79.9. The first-order valence-corrected chi connectivity index (χ1v) is 8.39. The molecule has 1 aliphatic carbocycles. The standard InChI is InChI=1S/C12H14BrFN2O2S/c13-9-4-10(14)11(15)5-12(9)19(17,18)16-6-7-1-2-8(16)3-7/h4-5,7-8H,1-3,6,15H2. The average molecular weight is 349 g/mol. The molecule has 0 amide bonds. The van der Waals surface area contributed by atoms with Gasteiger partial charge < -0.3 is 5.73 Å². The van der Waals surface area contributed by atoms with Gasteiger partial charge in [0.15, 0.2) is 0 Å². The van der Waals surface area contributed by atoms with Gasteiger partial charge in [-0.15, -0.1) is 0 Å². The fourth-order valence-electron chi connectivity index (χ4n) is 3.04. The van der Waals surface area contributed by atoms with Gasteiger partial charge in [-0.1, -0.05) is 0 Å². The van der Waals surface area contributed by atoms with Crippen LogP contribution < -0.4 is 5.73 Å². The monoisotopic (exact) mass is 348 g/mol. The van der Waals surface area contributed by atoms with Crippen LogP contribution in [-0.2, 0) is 10.0 Å². The summed E-state index contributed by atoms with van der Waals surface area (Å²) in [5.41, 5.74) is 5.33. The van der Waals surface area contributed by atoms with Crippen molar-refractivity contribution < 1.29 is 12.8 Å². The SMILES string of the molecule is Nc1cc(S(=O)(=O)N2CC3CCC2C3)c(Br)cc1F. The summed E-state index contributed by atoms with van der Waals surface area (Å²) < 4.78 is 40.3. The molecule has 104 valence electrons. The predicted octanol–water partition coefficient (Wildman–Crippen LogP) is 2.34. The highest BCUT2D eigenvalue weighted by Gasteiger charge is 2.44. The first kappa shape index (κ1) is 13.3. The summed E-state index contributed by atoms with van der Waals surface area (Å²) in [4.78, 5) is 0.0546. The van der Waals surface area contributed by atoms with E-state index in [1.165, 1.54) is 6.07 Å². The average Bonchev–Trinajstić information content (AvgIpc) is 2.95. The first-order valence-electron chi connectivity index (χ1n) is 6.16. The van der Waals surface area contributed by atoms with Gasteiger partial charge in [-0.2, -0.15) is 4.31 Å². The van der Waals surface area contributed by atoms with E-state index >= 15 is 0 Å². The van der Waals surface area contributed by atoms with Crippen molar-refractivity contribution in [3.63, 3.8) is 0 Å². The zero-order valence-electron chi connectivity index (χ0n) is 10.1. The lowest BCUT2D eigenvalue weighted by atomic mass is 10.1.